The summed E-state index contributed by atoms with van der Waals surface area (Å²) in [6, 6.07) is 2.36. The van der Waals surface area contributed by atoms with Gasteiger partial charge in [0.05, 0.1) is 5.56 Å². The number of anilines is 1. The molecule has 1 aromatic heterocycles. The molecule has 5 nitrogen and oxygen atoms in total. The van der Waals surface area contributed by atoms with E-state index < -0.39 is 0 Å². The van der Waals surface area contributed by atoms with Gasteiger partial charge in [-0.3, -0.25) is 9.69 Å². The predicted octanol–water partition coefficient (Wildman–Crippen LogP) is 2.05. The van der Waals surface area contributed by atoms with Gasteiger partial charge < -0.3 is 10.2 Å². The Hall–Kier alpha value is -1.14. The molecule has 1 N–H and O–H groups in total. The summed E-state index contributed by atoms with van der Waals surface area (Å²) < 4.78 is 0.820. The summed E-state index contributed by atoms with van der Waals surface area (Å²) in [6.07, 6.45) is 1.69. The molecule has 2 heterocycles. The van der Waals surface area contributed by atoms with Crippen molar-refractivity contribution in [1.82, 2.24) is 14.8 Å². The van der Waals surface area contributed by atoms with Crippen LogP contribution in [-0.4, -0.2) is 60.0 Å². The van der Waals surface area contributed by atoms with Gasteiger partial charge in [-0.25, -0.2) is 4.98 Å². The molecule has 110 valence electrons. The van der Waals surface area contributed by atoms with Gasteiger partial charge in [-0.15, -0.1) is 0 Å². The van der Waals surface area contributed by atoms with E-state index in [1.807, 2.05) is 11.0 Å². The lowest BCUT2D eigenvalue weighted by molar-refractivity contribution is 0.0596. The number of rotatable bonds is 3. The zero-order valence-electron chi connectivity index (χ0n) is 12.2. The number of halogens is 1. The van der Waals surface area contributed by atoms with Gasteiger partial charge >= 0.3 is 0 Å². The summed E-state index contributed by atoms with van der Waals surface area (Å²) >= 11 is 3.38. The van der Waals surface area contributed by atoms with Gasteiger partial charge in [0, 0.05) is 49.9 Å². The van der Waals surface area contributed by atoms with Crippen LogP contribution in [0.1, 0.15) is 24.2 Å². The van der Waals surface area contributed by atoms with Crippen molar-refractivity contribution in [3.05, 3.63) is 22.3 Å². The van der Waals surface area contributed by atoms with E-state index in [0.717, 1.165) is 30.7 Å². The van der Waals surface area contributed by atoms with Crippen LogP contribution in [0, 0.1) is 0 Å². The van der Waals surface area contributed by atoms with Crippen molar-refractivity contribution in [1.29, 1.82) is 0 Å². The molecule has 0 saturated carbocycles. The number of hydrogen-bond donors (Lipinski definition) is 1. The molecule has 0 unspecified atom stereocenters. The van der Waals surface area contributed by atoms with E-state index >= 15 is 0 Å². The Kier molecular flexibility index (Phi) is 4.99. The van der Waals surface area contributed by atoms with Crippen LogP contribution in [0.25, 0.3) is 0 Å². The molecule has 0 spiro atoms. The Labute approximate surface area is 128 Å². The molecular weight excluding hydrogens is 320 g/mol. The molecule has 6 heteroatoms. The molecule has 2 rings (SSSR count). The molecule has 0 aromatic carbocycles. The smallest absolute Gasteiger partial charge is 0.257 e. The van der Waals surface area contributed by atoms with Crippen molar-refractivity contribution in [3.63, 3.8) is 0 Å². The molecular formula is C14H21BrN4O. The second-order valence-electron chi connectivity index (χ2n) is 5.22. The van der Waals surface area contributed by atoms with Crippen LogP contribution in [0.3, 0.4) is 0 Å². The summed E-state index contributed by atoms with van der Waals surface area (Å²) in [6.45, 7) is 7.78. The first-order valence-corrected chi connectivity index (χ1v) is 7.69. The molecule has 1 aliphatic heterocycles. The summed E-state index contributed by atoms with van der Waals surface area (Å²) in [5, 5.41) is 2.98. The van der Waals surface area contributed by atoms with Crippen LogP contribution in [0.5, 0.6) is 0 Å². The minimum atomic E-state index is 0.0477. The van der Waals surface area contributed by atoms with E-state index in [-0.39, 0.29) is 5.91 Å². The van der Waals surface area contributed by atoms with Crippen LogP contribution in [0.4, 0.5) is 5.82 Å². The van der Waals surface area contributed by atoms with Crippen molar-refractivity contribution >= 4 is 27.7 Å². The average molecular weight is 341 g/mol. The molecule has 0 bridgehead atoms. The van der Waals surface area contributed by atoms with Gasteiger partial charge in [-0.05, 0) is 35.8 Å². The third-order valence-electron chi connectivity index (χ3n) is 3.65. The van der Waals surface area contributed by atoms with E-state index in [9.17, 15) is 4.79 Å². The monoisotopic (exact) mass is 340 g/mol. The number of piperazine rings is 1. The summed E-state index contributed by atoms with van der Waals surface area (Å²) in [5.74, 6) is 0.677. The van der Waals surface area contributed by atoms with Crippen molar-refractivity contribution in [3.8, 4) is 0 Å². The molecule has 1 aromatic rings. The van der Waals surface area contributed by atoms with E-state index in [1.165, 1.54) is 0 Å². The van der Waals surface area contributed by atoms with Crippen molar-refractivity contribution in [2.45, 2.75) is 19.9 Å². The molecule has 20 heavy (non-hydrogen) atoms. The first-order chi connectivity index (χ1) is 9.52. The topological polar surface area (TPSA) is 48.5 Å². The van der Waals surface area contributed by atoms with Crippen LogP contribution in [-0.2, 0) is 0 Å². The Balaban J connectivity index is 2.11. The zero-order chi connectivity index (χ0) is 14.7. The second kappa shape index (κ2) is 6.54. The summed E-state index contributed by atoms with van der Waals surface area (Å²) in [4.78, 5) is 21.2. The van der Waals surface area contributed by atoms with Crippen molar-refractivity contribution in [2.75, 3.05) is 38.5 Å². The SMILES string of the molecule is CNc1ncc(Br)cc1C(=O)N1CCN(C(C)C)CC1. The maximum absolute atomic E-state index is 12.6. The first kappa shape index (κ1) is 15.3. The largest absolute Gasteiger partial charge is 0.372 e. The minimum absolute atomic E-state index is 0.0477. The number of hydrogen-bond acceptors (Lipinski definition) is 4. The first-order valence-electron chi connectivity index (χ1n) is 6.89. The number of pyridine rings is 1. The molecule has 1 aliphatic rings. The van der Waals surface area contributed by atoms with Crippen LogP contribution < -0.4 is 5.32 Å². The molecule has 0 aliphatic carbocycles. The molecule has 1 saturated heterocycles. The fraction of sp³-hybridized carbons (Fsp3) is 0.571. The highest BCUT2D eigenvalue weighted by Crippen LogP contribution is 2.20. The minimum Gasteiger partial charge on any atom is -0.372 e. The Morgan fingerprint density at radius 2 is 2.00 bits per heavy atom. The van der Waals surface area contributed by atoms with Crippen molar-refractivity contribution < 1.29 is 4.79 Å². The maximum Gasteiger partial charge on any atom is 0.257 e. The van der Waals surface area contributed by atoms with Crippen LogP contribution in [0.2, 0.25) is 0 Å². The normalized spacial score (nSPS) is 16.6. The van der Waals surface area contributed by atoms with Crippen LogP contribution >= 0.6 is 15.9 Å². The van der Waals surface area contributed by atoms with Gasteiger partial charge in [0.2, 0.25) is 0 Å². The number of nitrogens with zero attached hydrogens (tertiary/aromatic N) is 3. The fourth-order valence-corrected chi connectivity index (χ4v) is 2.74. The Morgan fingerprint density at radius 1 is 1.35 bits per heavy atom. The lowest BCUT2D eigenvalue weighted by Gasteiger charge is -2.37. The fourth-order valence-electron chi connectivity index (χ4n) is 2.41. The number of aromatic nitrogens is 1. The summed E-state index contributed by atoms with van der Waals surface area (Å²) in [5.41, 5.74) is 0.625. The number of amides is 1. The van der Waals surface area contributed by atoms with Crippen LogP contribution in [0.15, 0.2) is 16.7 Å². The maximum atomic E-state index is 12.6. The predicted molar refractivity (Wildman–Crippen MR) is 84.1 cm³/mol. The molecule has 1 fully saturated rings. The molecule has 1 amide bonds. The standard InChI is InChI=1S/C14H21BrN4O/c1-10(2)18-4-6-19(7-5-18)14(20)12-8-11(15)9-17-13(12)16-3/h8-10H,4-7H2,1-3H3,(H,16,17). The number of carbonyl (C=O) groups is 1. The van der Waals surface area contributed by atoms with E-state index in [0.29, 0.717) is 17.4 Å². The lowest BCUT2D eigenvalue weighted by Crippen LogP contribution is -2.50. The van der Waals surface area contributed by atoms with E-state index in [2.05, 4.69) is 45.0 Å². The quantitative estimate of drug-likeness (QED) is 0.914. The lowest BCUT2D eigenvalue weighted by atomic mass is 10.2. The third kappa shape index (κ3) is 3.30. The average Bonchev–Trinajstić information content (AvgIpc) is 2.46. The van der Waals surface area contributed by atoms with Gasteiger partial charge in [0.1, 0.15) is 5.82 Å². The highest BCUT2D eigenvalue weighted by atomic mass is 79.9. The van der Waals surface area contributed by atoms with E-state index in [1.54, 1.807) is 13.2 Å². The van der Waals surface area contributed by atoms with Gasteiger partial charge in [0.25, 0.3) is 5.91 Å². The number of carbonyl (C=O) groups excluding carboxylic acids is 1. The van der Waals surface area contributed by atoms with Gasteiger partial charge in [-0.1, -0.05) is 0 Å². The third-order valence-corrected chi connectivity index (χ3v) is 4.09. The van der Waals surface area contributed by atoms with Gasteiger partial charge in [0.15, 0.2) is 0 Å². The second-order valence-corrected chi connectivity index (χ2v) is 6.14. The Bertz CT molecular complexity index is 484. The highest BCUT2D eigenvalue weighted by Gasteiger charge is 2.25. The van der Waals surface area contributed by atoms with Gasteiger partial charge in [-0.2, -0.15) is 0 Å². The van der Waals surface area contributed by atoms with E-state index in [4.69, 9.17) is 0 Å². The highest BCUT2D eigenvalue weighted by molar-refractivity contribution is 9.10. The number of nitrogens with one attached hydrogen (secondary N) is 1. The summed E-state index contributed by atoms with van der Waals surface area (Å²) in [7, 11) is 1.78. The molecule has 0 atom stereocenters. The zero-order valence-corrected chi connectivity index (χ0v) is 13.8. The Morgan fingerprint density at radius 3 is 2.55 bits per heavy atom. The molecule has 0 radical (unpaired) electrons. The van der Waals surface area contributed by atoms with Crippen molar-refractivity contribution in [2.24, 2.45) is 0 Å².